The summed E-state index contributed by atoms with van der Waals surface area (Å²) in [6.07, 6.45) is 2.13. The van der Waals surface area contributed by atoms with Crippen molar-refractivity contribution >= 4 is 23.5 Å². The van der Waals surface area contributed by atoms with Gasteiger partial charge in [-0.2, -0.15) is 0 Å². The highest BCUT2D eigenvalue weighted by atomic mass is 16.5. The standard InChI is InChI=1S/C22H24N6O4/c1-14(20-26-25-18-5-3-4-12-27(18)20)23-19(29)11-10-17-21(30)28(22(31)24-17)13-15-6-8-16(32-2)9-7-15/h3-9,12,14,17H,10-11,13H2,1-2H3,(H,23,29)(H,24,31)/t14-,17+/m1/s1. The number of imide groups is 1. The summed E-state index contributed by atoms with van der Waals surface area (Å²) in [5, 5.41) is 13.8. The molecule has 2 N–H and O–H groups in total. The number of carbonyl (C=O) groups is 3. The van der Waals surface area contributed by atoms with Crippen molar-refractivity contribution in [2.45, 2.75) is 38.4 Å². The second-order valence-electron chi connectivity index (χ2n) is 7.59. The zero-order chi connectivity index (χ0) is 22.7. The van der Waals surface area contributed by atoms with Gasteiger partial charge in [0, 0.05) is 12.6 Å². The second-order valence-corrected chi connectivity index (χ2v) is 7.59. The van der Waals surface area contributed by atoms with Crippen LogP contribution in [0.25, 0.3) is 5.65 Å². The lowest BCUT2D eigenvalue weighted by Crippen LogP contribution is -2.33. The molecule has 1 saturated heterocycles. The summed E-state index contributed by atoms with van der Waals surface area (Å²) in [5.74, 6) is 0.740. The summed E-state index contributed by atoms with van der Waals surface area (Å²) in [7, 11) is 1.57. The smallest absolute Gasteiger partial charge is 0.325 e. The van der Waals surface area contributed by atoms with E-state index in [9.17, 15) is 14.4 Å². The zero-order valence-electron chi connectivity index (χ0n) is 17.8. The van der Waals surface area contributed by atoms with E-state index in [2.05, 4.69) is 20.8 Å². The maximum Gasteiger partial charge on any atom is 0.325 e. The quantitative estimate of drug-likeness (QED) is 0.520. The Morgan fingerprint density at radius 2 is 1.97 bits per heavy atom. The lowest BCUT2D eigenvalue weighted by molar-refractivity contribution is -0.128. The zero-order valence-corrected chi connectivity index (χ0v) is 17.8. The van der Waals surface area contributed by atoms with Gasteiger partial charge in [0.15, 0.2) is 11.5 Å². The van der Waals surface area contributed by atoms with Crippen LogP contribution in [0.1, 0.15) is 37.2 Å². The minimum Gasteiger partial charge on any atom is -0.497 e. The highest BCUT2D eigenvalue weighted by Gasteiger charge is 2.37. The molecule has 10 nitrogen and oxygen atoms in total. The maximum atomic E-state index is 12.7. The van der Waals surface area contributed by atoms with Crippen molar-refractivity contribution in [2.75, 3.05) is 7.11 Å². The predicted octanol–water partition coefficient (Wildman–Crippen LogP) is 1.82. The fourth-order valence-corrected chi connectivity index (χ4v) is 3.64. The van der Waals surface area contributed by atoms with Crippen molar-refractivity contribution in [1.29, 1.82) is 0 Å². The Labute approximate surface area is 184 Å². The number of hydrogen-bond acceptors (Lipinski definition) is 6. The number of carbonyl (C=O) groups excluding carboxylic acids is 3. The van der Waals surface area contributed by atoms with Crippen LogP contribution in [0.4, 0.5) is 4.79 Å². The van der Waals surface area contributed by atoms with Crippen LogP contribution in [-0.4, -0.2) is 50.5 Å². The number of urea groups is 1. The number of aromatic nitrogens is 3. The Hall–Kier alpha value is -3.95. The third-order valence-corrected chi connectivity index (χ3v) is 5.37. The van der Waals surface area contributed by atoms with Gasteiger partial charge in [-0.05, 0) is 43.2 Å². The Morgan fingerprint density at radius 3 is 2.72 bits per heavy atom. The van der Waals surface area contributed by atoms with Crippen molar-refractivity contribution in [3.63, 3.8) is 0 Å². The first kappa shape index (κ1) is 21.3. The van der Waals surface area contributed by atoms with Gasteiger partial charge in [-0.1, -0.05) is 18.2 Å². The number of methoxy groups -OCH3 is 1. The van der Waals surface area contributed by atoms with Gasteiger partial charge in [0.1, 0.15) is 11.8 Å². The van der Waals surface area contributed by atoms with E-state index in [4.69, 9.17) is 4.74 Å². The maximum absolute atomic E-state index is 12.7. The molecule has 166 valence electrons. The second kappa shape index (κ2) is 9.04. The third-order valence-electron chi connectivity index (χ3n) is 5.37. The van der Waals surface area contributed by atoms with Crippen LogP contribution in [-0.2, 0) is 16.1 Å². The molecule has 0 saturated carbocycles. The van der Waals surface area contributed by atoms with Crippen LogP contribution in [0.15, 0.2) is 48.7 Å². The molecule has 4 amide bonds. The Kier molecular flexibility index (Phi) is 6.02. The topological polar surface area (TPSA) is 118 Å². The molecule has 3 heterocycles. The van der Waals surface area contributed by atoms with Gasteiger partial charge < -0.3 is 15.4 Å². The highest BCUT2D eigenvalue weighted by molar-refractivity contribution is 6.04. The fraction of sp³-hybridized carbons (Fsp3) is 0.318. The first-order valence-corrected chi connectivity index (χ1v) is 10.3. The normalized spacial score (nSPS) is 16.8. The number of fused-ring (bicyclic) bond motifs is 1. The molecular formula is C22H24N6O4. The van der Waals surface area contributed by atoms with Crippen molar-refractivity contribution < 1.29 is 19.1 Å². The van der Waals surface area contributed by atoms with Crippen molar-refractivity contribution in [2.24, 2.45) is 0 Å². The van der Waals surface area contributed by atoms with E-state index >= 15 is 0 Å². The molecule has 0 radical (unpaired) electrons. The van der Waals surface area contributed by atoms with Gasteiger partial charge in [0.05, 0.1) is 19.7 Å². The molecule has 0 unspecified atom stereocenters. The van der Waals surface area contributed by atoms with Crippen molar-refractivity contribution in [3.8, 4) is 5.75 Å². The fourth-order valence-electron chi connectivity index (χ4n) is 3.64. The van der Waals surface area contributed by atoms with E-state index < -0.39 is 12.1 Å². The Morgan fingerprint density at radius 1 is 1.19 bits per heavy atom. The average Bonchev–Trinajstić information content (AvgIpc) is 3.34. The van der Waals surface area contributed by atoms with E-state index in [1.165, 1.54) is 0 Å². The first-order chi connectivity index (χ1) is 15.5. The first-order valence-electron chi connectivity index (χ1n) is 10.3. The minimum atomic E-state index is -0.726. The van der Waals surface area contributed by atoms with Crippen molar-refractivity contribution in [1.82, 2.24) is 30.1 Å². The number of rotatable bonds is 8. The molecule has 0 spiro atoms. The number of pyridine rings is 1. The molecule has 1 fully saturated rings. The Bertz CT molecular complexity index is 1140. The van der Waals surface area contributed by atoms with Gasteiger partial charge in [0.2, 0.25) is 5.91 Å². The van der Waals surface area contributed by atoms with E-state index in [0.29, 0.717) is 17.2 Å². The lowest BCUT2D eigenvalue weighted by atomic mass is 10.1. The molecule has 2 atom stereocenters. The predicted molar refractivity (Wildman–Crippen MR) is 115 cm³/mol. The molecular weight excluding hydrogens is 412 g/mol. The molecule has 3 aromatic rings. The highest BCUT2D eigenvalue weighted by Crippen LogP contribution is 2.18. The average molecular weight is 436 g/mol. The minimum absolute atomic E-state index is 0.0914. The molecule has 1 aliphatic rings. The van der Waals surface area contributed by atoms with E-state index in [0.717, 1.165) is 10.5 Å². The summed E-state index contributed by atoms with van der Waals surface area (Å²) in [4.78, 5) is 38.6. The molecule has 32 heavy (non-hydrogen) atoms. The van der Waals surface area contributed by atoms with Crippen LogP contribution in [0, 0.1) is 0 Å². The summed E-state index contributed by atoms with van der Waals surface area (Å²) >= 11 is 0. The number of ether oxygens (including phenoxy) is 1. The molecule has 1 aliphatic heterocycles. The summed E-state index contributed by atoms with van der Waals surface area (Å²) < 4.78 is 6.93. The van der Waals surface area contributed by atoms with Crippen LogP contribution >= 0.6 is 0 Å². The number of amides is 4. The van der Waals surface area contributed by atoms with Crippen LogP contribution in [0.3, 0.4) is 0 Å². The molecule has 0 bridgehead atoms. The molecule has 10 heteroatoms. The number of nitrogens with one attached hydrogen (secondary N) is 2. The summed E-state index contributed by atoms with van der Waals surface area (Å²) in [6.45, 7) is 1.98. The summed E-state index contributed by atoms with van der Waals surface area (Å²) in [6, 6.07) is 11.2. The van der Waals surface area contributed by atoms with Crippen molar-refractivity contribution in [3.05, 3.63) is 60.0 Å². The molecule has 4 rings (SSSR count). The largest absolute Gasteiger partial charge is 0.497 e. The van der Waals surface area contributed by atoms with Gasteiger partial charge in [0.25, 0.3) is 5.91 Å². The number of benzene rings is 1. The van der Waals surface area contributed by atoms with Gasteiger partial charge in [-0.3, -0.25) is 18.9 Å². The third kappa shape index (κ3) is 4.39. The molecule has 1 aromatic carbocycles. The van der Waals surface area contributed by atoms with E-state index in [-0.39, 0.29) is 37.2 Å². The van der Waals surface area contributed by atoms with E-state index in [1.54, 1.807) is 31.4 Å². The van der Waals surface area contributed by atoms with Gasteiger partial charge in [-0.25, -0.2) is 4.79 Å². The number of nitrogens with zero attached hydrogens (tertiary/aromatic N) is 4. The lowest BCUT2D eigenvalue weighted by Gasteiger charge is -2.14. The summed E-state index contributed by atoms with van der Waals surface area (Å²) in [5.41, 5.74) is 1.50. The van der Waals surface area contributed by atoms with Gasteiger partial charge in [-0.15, -0.1) is 10.2 Å². The van der Waals surface area contributed by atoms with Crippen LogP contribution in [0.2, 0.25) is 0 Å². The SMILES string of the molecule is COc1ccc(CN2C(=O)N[C@@H](CCC(=O)N[C@H](C)c3nnc4ccccn34)C2=O)cc1. The van der Waals surface area contributed by atoms with Crippen LogP contribution in [0.5, 0.6) is 5.75 Å². The monoisotopic (exact) mass is 436 g/mol. The van der Waals surface area contributed by atoms with Crippen LogP contribution < -0.4 is 15.4 Å². The molecule has 0 aliphatic carbocycles. The van der Waals surface area contributed by atoms with Gasteiger partial charge >= 0.3 is 6.03 Å². The number of hydrogen-bond donors (Lipinski definition) is 2. The van der Waals surface area contributed by atoms with E-state index in [1.807, 2.05) is 35.7 Å². The molecule has 2 aromatic heterocycles. The Balaban J connectivity index is 1.30.